The maximum absolute atomic E-state index is 11.2. The molecule has 2 aromatic rings. The summed E-state index contributed by atoms with van der Waals surface area (Å²) in [7, 11) is 0. The number of nitrogens with zero attached hydrogens (tertiary/aromatic N) is 1. The number of para-hydroxylation sites is 2. The van der Waals surface area contributed by atoms with E-state index in [4.69, 9.17) is 5.73 Å². The molecule has 0 aromatic heterocycles. The lowest BCUT2D eigenvalue weighted by atomic mass is 10.1. The molecule has 0 unspecified atom stereocenters. The fourth-order valence-electron chi connectivity index (χ4n) is 2.19. The van der Waals surface area contributed by atoms with E-state index in [0.29, 0.717) is 6.54 Å². The Balaban J connectivity index is 2.44. The normalized spacial score (nSPS) is 10.0. The number of carbonyl (C=O) groups excluding carboxylic acids is 1. The van der Waals surface area contributed by atoms with Gasteiger partial charge < -0.3 is 10.6 Å². The Morgan fingerprint density at radius 3 is 2.40 bits per heavy atom. The Morgan fingerprint density at radius 2 is 1.75 bits per heavy atom. The molecule has 0 aliphatic carbocycles. The van der Waals surface area contributed by atoms with Crippen molar-refractivity contribution in [3.63, 3.8) is 0 Å². The van der Waals surface area contributed by atoms with Gasteiger partial charge in [0.15, 0.2) is 0 Å². The number of rotatable bonds is 6. The Bertz CT molecular complexity index is 593. The van der Waals surface area contributed by atoms with Gasteiger partial charge in [0.1, 0.15) is 0 Å². The average Bonchev–Trinajstić information content (AvgIpc) is 2.46. The third-order valence-corrected chi connectivity index (χ3v) is 3.03. The summed E-state index contributed by atoms with van der Waals surface area (Å²) in [6.45, 7) is 4.48. The summed E-state index contributed by atoms with van der Waals surface area (Å²) in [4.78, 5) is 13.3. The van der Waals surface area contributed by atoms with Gasteiger partial charge in [0.2, 0.25) is 5.91 Å². The van der Waals surface area contributed by atoms with Crippen LogP contribution in [-0.4, -0.2) is 12.5 Å². The van der Waals surface area contributed by atoms with E-state index in [-0.39, 0.29) is 12.3 Å². The molecule has 0 spiro atoms. The van der Waals surface area contributed by atoms with E-state index in [0.717, 1.165) is 16.9 Å². The molecule has 0 bridgehead atoms. The first kappa shape index (κ1) is 13.9. The van der Waals surface area contributed by atoms with Gasteiger partial charge in [0.25, 0.3) is 0 Å². The van der Waals surface area contributed by atoms with Gasteiger partial charge in [-0.1, -0.05) is 42.5 Å². The summed E-state index contributed by atoms with van der Waals surface area (Å²) in [6.07, 6.45) is 2.07. The van der Waals surface area contributed by atoms with Gasteiger partial charge in [0, 0.05) is 17.9 Å². The minimum absolute atomic E-state index is 0.233. The predicted molar refractivity (Wildman–Crippen MR) is 83.0 cm³/mol. The zero-order chi connectivity index (χ0) is 14.4. The van der Waals surface area contributed by atoms with E-state index in [2.05, 4.69) is 11.5 Å². The fraction of sp³-hybridized carbons (Fsp3) is 0.118. The van der Waals surface area contributed by atoms with Crippen LogP contribution in [0.1, 0.15) is 5.56 Å². The van der Waals surface area contributed by atoms with E-state index in [1.807, 2.05) is 60.7 Å². The molecule has 0 saturated heterocycles. The number of primary amides is 1. The highest BCUT2D eigenvalue weighted by atomic mass is 16.1. The summed E-state index contributed by atoms with van der Waals surface area (Å²) < 4.78 is 0. The molecule has 20 heavy (non-hydrogen) atoms. The van der Waals surface area contributed by atoms with Crippen LogP contribution in [0.25, 0.3) is 0 Å². The van der Waals surface area contributed by atoms with Crippen molar-refractivity contribution in [2.45, 2.75) is 6.42 Å². The zero-order valence-corrected chi connectivity index (χ0v) is 11.3. The molecular formula is C17H18N2O. The lowest BCUT2D eigenvalue weighted by Gasteiger charge is -2.26. The number of carbonyl (C=O) groups is 1. The van der Waals surface area contributed by atoms with Crippen LogP contribution in [-0.2, 0) is 11.2 Å². The molecule has 2 aromatic carbocycles. The second-order valence-electron chi connectivity index (χ2n) is 4.51. The Morgan fingerprint density at radius 1 is 1.10 bits per heavy atom. The summed E-state index contributed by atoms with van der Waals surface area (Å²) in [5, 5.41) is 0. The van der Waals surface area contributed by atoms with Crippen LogP contribution in [0.5, 0.6) is 0 Å². The van der Waals surface area contributed by atoms with Crippen molar-refractivity contribution in [2.75, 3.05) is 11.4 Å². The predicted octanol–water partition coefficient (Wildman–Crippen LogP) is 3.04. The molecule has 0 aliphatic rings. The quantitative estimate of drug-likeness (QED) is 0.817. The van der Waals surface area contributed by atoms with Crippen molar-refractivity contribution in [1.82, 2.24) is 0 Å². The molecule has 0 aliphatic heterocycles. The number of hydrogen-bond donors (Lipinski definition) is 1. The van der Waals surface area contributed by atoms with Gasteiger partial charge >= 0.3 is 0 Å². The van der Waals surface area contributed by atoms with Crippen LogP contribution in [0.3, 0.4) is 0 Å². The van der Waals surface area contributed by atoms with E-state index < -0.39 is 0 Å². The Hall–Kier alpha value is -2.55. The van der Waals surface area contributed by atoms with Gasteiger partial charge in [-0.15, -0.1) is 6.58 Å². The van der Waals surface area contributed by atoms with Crippen molar-refractivity contribution in [2.24, 2.45) is 5.73 Å². The summed E-state index contributed by atoms with van der Waals surface area (Å²) in [5.41, 5.74) is 8.29. The van der Waals surface area contributed by atoms with Crippen LogP contribution in [0, 0.1) is 0 Å². The van der Waals surface area contributed by atoms with Gasteiger partial charge in [0.05, 0.1) is 6.42 Å². The maximum atomic E-state index is 11.2. The molecule has 0 saturated carbocycles. The molecule has 3 nitrogen and oxygen atoms in total. The SMILES string of the molecule is C=CCN(c1ccccc1)c1ccccc1CC(N)=O. The number of hydrogen-bond acceptors (Lipinski definition) is 2. The standard InChI is InChI=1S/C17H18N2O/c1-2-12-19(15-9-4-3-5-10-15)16-11-7-6-8-14(16)13-17(18)20/h2-11H,1,12-13H2,(H2,18,20). The Labute approximate surface area is 119 Å². The first-order valence-electron chi connectivity index (χ1n) is 6.52. The molecule has 0 heterocycles. The van der Waals surface area contributed by atoms with Crippen molar-refractivity contribution in [1.29, 1.82) is 0 Å². The lowest BCUT2D eigenvalue weighted by Crippen LogP contribution is -2.21. The molecule has 0 radical (unpaired) electrons. The van der Waals surface area contributed by atoms with Gasteiger partial charge in [-0.2, -0.15) is 0 Å². The first-order valence-corrected chi connectivity index (χ1v) is 6.52. The second-order valence-corrected chi connectivity index (χ2v) is 4.51. The van der Waals surface area contributed by atoms with Crippen molar-refractivity contribution in [3.05, 3.63) is 72.8 Å². The zero-order valence-electron chi connectivity index (χ0n) is 11.3. The van der Waals surface area contributed by atoms with Crippen molar-refractivity contribution in [3.8, 4) is 0 Å². The first-order chi connectivity index (χ1) is 9.72. The molecule has 2 rings (SSSR count). The van der Waals surface area contributed by atoms with E-state index in [1.54, 1.807) is 0 Å². The lowest BCUT2D eigenvalue weighted by molar-refractivity contribution is -0.117. The topological polar surface area (TPSA) is 46.3 Å². The number of nitrogens with two attached hydrogens (primary N) is 1. The summed E-state index contributed by atoms with van der Waals surface area (Å²) in [6, 6.07) is 17.8. The van der Waals surface area contributed by atoms with Gasteiger partial charge in [-0.05, 0) is 23.8 Å². The molecular weight excluding hydrogens is 248 g/mol. The van der Waals surface area contributed by atoms with Crippen LogP contribution in [0.15, 0.2) is 67.3 Å². The van der Waals surface area contributed by atoms with Crippen molar-refractivity contribution >= 4 is 17.3 Å². The molecule has 2 N–H and O–H groups in total. The van der Waals surface area contributed by atoms with Crippen LogP contribution in [0.4, 0.5) is 11.4 Å². The monoisotopic (exact) mass is 266 g/mol. The molecule has 102 valence electrons. The minimum atomic E-state index is -0.330. The molecule has 0 atom stereocenters. The van der Waals surface area contributed by atoms with Gasteiger partial charge in [-0.25, -0.2) is 0 Å². The van der Waals surface area contributed by atoms with Gasteiger partial charge in [-0.3, -0.25) is 4.79 Å². The van der Waals surface area contributed by atoms with Crippen LogP contribution < -0.4 is 10.6 Å². The highest BCUT2D eigenvalue weighted by molar-refractivity contribution is 5.80. The summed E-state index contributed by atoms with van der Waals surface area (Å²) in [5.74, 6) is -0.330. The largest absolute Gasteiger partial charge is 0.369 e. The minimum Gasteiger partial charge on any atom is -0.369 e. The second kappa shape index (κ2) is 6.57. The Kier molecular flexibility index (Phi) is 4.56. The maximum Gasteiger partial charge on any atom is 0.221 e. The smallest absolute Gasteiger partial charge is 0.221 e. The van der Waals surface area contributed by atoms with Crippen molar-refractivity contribution < 1.29 is 4.79 Å². The number of amides is 1. The highest BCUT2D eigenvalue weighted by Crippen LogP contribution is 2.28. The third-order valence-electron chi connectivity index (χ3n) is 3.03. The number of benzene rings is 2. The third kappa shape index (κ3) is 3.26. The molecule has 1 amide bonds. The number of anilines is 2. The fourth-order valence-corrected chi connectivity index (χ4v) is 2.19. The van der Waals surface area contributed by atoms with Crippen LogP contribution in [0.2, 0.25) is 0 Å². The molecule has 0 fully saturated rings. The molecule has 3 heteroatoms. The van der Waals surface area contributed by atoms with E-state index in [1.165, 1.54) is 0 Å². The average molecular weight is 266 g/mol. The van der Waals surface area contributed by atoms with E-state index in [9.17, 15) is 4.79 Å². The highest BCUT2D eigenvalue weighted by Gasteiger charge is 2.12. The summed E-state index contributed by atoms with van der Waals surface area (Å²) >= 11 is 0. The van der Waals surface area contributed by atoms with Crippen LogP contribution >= 0.6 is 0 Å². The van der Waals surface area contributed by atoms with E-state index >= 15 is 0 Å².